The largest absolute Gasteiger partial charge is 0.340 e. The van der Waals surface area contributed by atoms with Crippen molar-refractivity contribution in [1.29, 1.82) is 0 Å². The van der Waals surface area contributed by atoms with Crippen LogP contribution in [0.5, 0.6) is 0 Å². The van der Waals surface area contributed by atoms with Gasteiger partial charge in [-0.1, -0.05) is 64.4 Å². The first kappa shape index (κ1) is 27.1. The van der Waals surface area contributed by atoms with Gasteiger partial charge in [0, 0.05) is 18.5 Å². The minimum atomic E-state index is -4.40. The van der Waals surface area contributed by atoms with Crippen LogP contribution in [0.2, 0.25) is 0 Å². The van der Waals surface area contributed by atoms with Crippen LogP contribution in [0.15, 0.2) is 94.7 Å². The number of carbonyl (C=O) groups excluding carboxylic acids is 1. The SMILES string of the molecule is O=C1c2ccccc2CCCC1(F)OCCCCN(S(=O)(=O)c1ccccc1)S(=O)(=O)c1ccccc1. The van der Waals surface area contributed by atoms with Crippen molar-refractivity contribution in [3.63, 3.8) is 0 Å². The molecule has 1 atom stereocenters. The van der Waals surface area contributed by atoms with Crippen LogP contribution in [0.3, 0.4) is 0 Å². The fourth-order valence-electron chi connectivity index (χ4n) is 4.28. The molecule has 3 aromatic carbocycles. The number of nitrogens with zero attached hydrogens (tertiary/aromatic N) is 1. The predicted octanol–water partition coefficient (Wildman–Crippen LogP) is 4.75. The third-order valence-electron chi connectivity index (χ3n) is 6.23. The molecule has 3 aromatic rings. The molecule has 1 aliphatic rings. The molecule has 0 spiro atoms. The number of hydrogen-bond donors (Lipinski definition) is 0. The van der Waals surface area contributed by atoms with Crippen LogP contribution in [0.1, 0.15) is 41.6 Å². The van der Waals surface area contributed by atoms with E-state index >= 15 is 4.39 Å². The lowest BCUT2D eigenvalue weighted by atomic mass is 10.0. The Hall–Kier alpha value is -2.92. The van der Waals surface area contributed by atoms with Gasteiger partial charge >= 0.3 is 0 Å². The van der Waals surface area contributed by atoms with Gasteiger partial charge in [0.2, 0.25) is 5.78 Å². The molecule has 7 nitrogen and oxygen atoms in total. The van der Waals surface area contributed by atoms with E-state index in [4.69, 9.17) is 4.74 Å². The van der Waals surface area contributed by atoms with Crippen molar-refractivity contribution in [3.05, 3.63) is 96.1 Å². The summed E-state index contributed by atoms with van der Waals surface area (Å²) in [6, 6.07) is 21.5. The highest BCUT2D eigenvalue weighted by atomic mass is 32.3. The lowest BCUT2D eigenvalue weighted by molar-refractivity contribution is -0.116. The van der Waals surface area contributed by atoms with E-state index in [2.05, 4.69) is 0 Å². The average molecular weight is 546 g/mol. The Bertz CT molecular complexity index is 1380. The van der Waals surface area contributed by atoms with Gasteiger partial charge < -0.3 is 4.74 Å². The molecule has 4 rings (SSSR count). The zero-order valence-electron chi connectivity index (χ0n) is 20.1. The minimum absolute atomic E-state index is 0.0684. The number of unbranched alkanes of at least 4 members (excludes halogenated alkanes) is 1. The van der Waals surface area contributed by atoms with Crippen molar-refractivity contribution in [2.45, 2.75) is 47.7 Å². The Morgan fingerprint density at radius 1 is 0.784 bits per heavy atom. The normalized spacial score (nSPS) is 18.4. The smallest absolute Gasteiger partial charge is 0.273 e. The van der Waals surface area contributed by atoms with Crippen LogP contribution >= 0.6 is 0 Å². The fraction of sp³-hybridized carbons (Fsp3) is 0.296. The molecule has 0 N–H and O–H groups in total. The van der Waals surface area contributed by atoms with E-state index in [9.17, 15) is 21.6 Å². The van der Waals surface area contributed by atoms with Gasteiger partial charge in [-0.25, -0.2) is 21.2 Å². The maximum atomic E-state index is 15.5. The molecule has 1 aliphatic carbocycles. The third-order valence-corrected chi connectivity index (χ3v) is 10.6. The van der Waals surface area contributed by atoms with E-state index in [1.54, 1.807) is 36.4 Å². The summed E-state index contributed by atoms with van der Waals surface area (Å²) in [6.45, 7) is -0.539. The number of sulfonamides is 2. The molecule has 37 heavy (non-hydrogen) atoms. The zero-order chi connectivity index (χ0) is 26.5. The first-order valence-corrected chi connectivity index (χ1v) is 14.9. The molecular weight excluding hydrogens is 517 g/mol. The number of aryl methyl sites for hydroxylation is 1. The van der Waals surface area contributed by atoms with Gasteiger partial charge in [-0.05, 0) is 55.5 Å². The van der Waals surface area contributed by atoms with Crippen LogP contribution in [-0.4, -0.2) is 45.3 Å². The molecule has 0 saturated carbocycles. The molecule has 0 fully saturated rings. The van der Waals surface area contributed by atoms with Crippen molar-refractivity contribution in [2.75, 3.05) is 13.2 Å². The Labute approximate surface area is 217 Å². The van der Waals surface area contributed by atoms with Crippen LogP contribution in [0.25, 0.3) is 0 Å². The quantitative estimate of drug-likeness (QED) is 0.269. The summed E-state index contributed by atoms with van der Waals surface area (Å²) < 4.78 is 74.7. The van der Waals surface area contributed by atoms with E-state index in [-0.39, 0.29) is 42.2 Å². The van der Waals surface area contributed by atoms with E-state index in [0.29, 0.717) is 22.1 Å². The lowest BCUT2D eigenvalue weighted by Gasteiger charge is -2.24. The topological polar surface area (TPSA) is 97.8 Å². The first-order chi connectivity index (χ1) is 17.7. The third kappa shape index (κ3) is 5.82. The summed E-state index contributed by atoms with van der Waals surface area (Å²) in [7, 11) is -8.79. The molecule has 0 radical (unpaired) electrons. The zero-order valence-corrected chi connectivity index (χ0v) is 21.8. The number of Topliss-reactive ketones (excluding diaryl/α,β-unsaturated/α-hetero) is 1. The fourth-order valence-corrected chi connectivity index (χ4v) is 8.05. The lowest BCUT2D eigenvalue weighted by Crippen LogP contribution is -2.38. The summed E-state index contributed by atoms with van der Waals surface area (Å²) in [4.78, 5) is 12.5. The van der Waals surface area contributed by atoms with E-state index in [0.717, 1.165) is 5.56 Å². The van der Waals surface area contributed by atoms with Crippen LogP contribution in [0, 0.1) is 0 Å². The number of carbonyl (C=O) groups is 1. The molecule has 0 aromatic heterocycles. The van der Waals surface area contributed by atoms with Crippen molar-refractivity contribution < 1.29 is 30.8 Å². The molecule has 0 saturated heterocycles. The number of ether oxygens (including phenoxy) is 1. The molecule has 0 aliphatic heterocycles. The number of rotatable bonds is 10. The van der Waals surface area contributed by atoms with Gasteiger partial charge in [0.05, 0.1) is 16.4 Å². The molecular formula is C27H28FNO6S2. The Kier molecular flexibility index (Phi) is 8.23. The van der Waals surface area contributed by atoms with E-state index < -0.39 is 31.7 Å². The summed E-state index contributed by atoms with van der Waals surface area (Å²) in [5.41, 5.74) is 1.08. The van der Waals surface area contributed by atoms with Gasteiger partial charge in [0.15, 0.2) is 0 Å². The molecule has 1 unspecified atom stereocenters. The highest BCUT2D eigenvalue weighted by molar-refractivity contribution is 8.04. The van der Waals surface area contributed by atoms with E-state index in [1.165, 1.54) is 48.5 Å². The highest BCUT2D eigenvalue weighted by Gasteiger charge is 2.42. The molecule has 196 valence electrons. The number of ketones is 1. The second kappa shape index (κ2) is 11.2. The minimum Gasteiger partial charge on any atom is -0.340 e. The van der Waals surface area contributed by atoms with Crippen LogP contribution in [0.4, 0.5) is 4.39 Å². The number of benzene rings is 3. The second-order valence-electron chi connectivity index (χ2n) is 8.76. The summed E-state index contributed by atoms with van der Waals surface area (Å²) in [5, 5.41) is 0. The van der Waals surface area contributed by atoms with Crippen molar-refractivity contribution >= 4 is 25.8 Å². The summed E-state index contributed by atoms with van der Waals surface area (Å²) in [6.07, 6.45) is 1.14. The monoisotopic (exact) mass is 545 g/mol. The standard InChI is InChI=1S/C27H28FNO6S2/c28-27(19-11-13-22-12-7-8-18-25(22)26(27)30)35-21-10-9-20-29(36(31,32)23-14-3-1-4-15-23)37(33,34)24-16-5-2-6-17-24/h1-8,12,14-18H,9-11,13,19-21H2. The molecule has 0 bridgehead atoms. The molecule has 0 amide bonds. The maximum absolute atomic E-state index is 15.5. The summed E-state index contributed by atoms with van der Waals surface area (Å²) >= 11 is 0. The second-order valence-corrected chi connectivity index (χ2v) is 12.7. The van der Waals surface area contributed by atoms with Crippen molar-refractivity contribution in [3.8, 4) is 0 Å². The van der Waals surface area contributed by atoms with Crippen molar-refractivity contribution in [1.82, 2.24) is 3.71 Å². The maximum Gasteiger partial charge on any atom is 0.273 e. The Morgan fingerprint density at radius 2 is 1.32 bits per heavy atom. The molecule has 0 heterocycles. The van der Waals surface area contributed by atoms with Crippen LogP contribution < -0.4 is 0 Å². The van der Waals surface area contributed by atoms with Gasteiger partial charge in [-0.3, -0.25) is 4.79 Å². The van der Waals surface area contributed by atoms with E-state index in [1.807, 2.05) is 0 Å². The number of alkyl halides is 1. The van der Waals surface area contributed by atoms with Gasteiger partial charge in [0.25, 0.3) is 25.9 Å². The number of halogens is 1. The Balaban J connectivity index is 1.47. The highest BCUT2D eigenvalue weighted by Crippen LogP contribution is 2.32. The molecule has 10 heteroatoms. The number of fused-ring (bicyclic) bond motifs is 1. The van der Waals surface area contributed by atoms with Crippen LogP contribution in [-0.2, 0) is 31.2 Å². The first-order valence-electron chi connectivity index (χ1n) is 12.0. The van der Waals surface area contributed by atoms with Gasteiger partial charge in [-0.2, -0.15) is 0 Å². The Morgan fingerprint density at radius 3 is 1.92 bits per heavy atom. The van der Waals surface area contributed by atoms with Crippen molar-refractivity contribution in [2.24, 2.45) is 0 Å². The average Bonchev–Trinajstić information content (AvgIpc) is 3.03. The number of hydrogen-bond acceptors (Lipinski definition) is 6. The van der Waals surface area contributed by atoms with Gasteiger partial charge in [0.1, 0.15) is 0 Å². The van der Waals surface area contributed by atoms with Gasteiger partial charge in [-0.15, -0.1) is 0 Å². The predicted molar refractivity (Wildman–Crippen MR) is 137 cm³/mol. The summed E-state index contributed by atoms with van der Waals surface area (Å²) in [5.74, 6) is -3.20.